The molecule has 2 rings (SSSR count). The van der Waals surface area contributed by atoms with E-state index in [1.807, 2.05) is 0 Å². The first-order chi connectivity index (χ1) is 8.72. The highest BCUT2D eigenvalue weighted by molar-refractivity contribution is 5.78. The van der Waals surface area contributed by atoms with Gasteiger partial charge in [0.25, 0.3) is 0 Å². The van der Waals surface area contributed by atoms with Crippen molar-refractivity contribution in [3.05, 3.63) is 42.0 Å². The van der Waals surface area contributed by atoms with Crippen LogP contribution in [0.1, 0.15) is 5.69 Å². The predicted molar refractivity (Wildman–Crippen MR) is 63.4 cm³/mol. The van der Waals surface area contributed by atoms with Crippen molar-refractivity contribution in [2.24, 2.45) is 5.16 Å². The van der Waals surface area contributed by atoms with E-state index in [9.17, 15) is 4.39 Å². The van der Waals surface area contributed by atoms with Gasteiger partial charge in [0.05, 0.1) is 36.6 Å². The fourth-order valence-electron chi connectivity index (χ4n) is 1.43. The molecule has 0 bridgehead atoms. The van der Waals surface area contributed by atoms with E-state index < -0.39 is 5.82 Å². The lowest BCUT2D eigenvalue weighted by molar-refractivity contribution is 0.321. The molecule has 5 nitrogen and oxygen atoms in total. The monoisotopic (exact) mass is 247 g/mol. The van der Waals surface area contributed by atoms with Crippen LogP contribution in [0.2, 0.25) is 0 Å². The highest BCUT2D eigenvalue weighted by Crippen LogP contribution is 2.21. The van der Waals surface area contributed by atoms with Gasteiger partial charge in [-0.2, -0.15) is 0 Å². The van der Waals surface area contributed by atoms with Crippen LogP contribution in [0, 0.1) is 5.82 Å². The van der Waals surface area contributed by atoms with Crippen molar-refractivity contribution in [3.63, 3.8) is 0 Å². The van der Waals surface area contributed by atoms with Gasteiger partial charge in [0.2, 0.25) is 0 Å². The van der Waals surface area contributed by atoms with E-state index in [2.05, 4.69) is 15.1 Å². The molecule has 6 heteroatoms. The van der Waals surface area contributed by atoms with Crippen LogP contribution < -0.4 is 4.74 Å². The summed E-state index contributed by atoms with van der Waals surface area (Å²) in [7, 11) is 1.51. The largest absolute Gasteiger partial charge is 0.497 e. The Hall–Kier alpha value is -2.50. The highest BCUT2D eigenvalue weighted by Gasteiger charge is 2.06. The number of aromatic nitrogens is 2. The van der Waals surface area contributed by atoms with Crippen LogP contribution in [0.3, 0.4) is 0 Å². The molecule has 0 aliphatic carbocycles. The second-order valence-electron chi connectivity index (χ2n) is 3.42. The van der Waals surface area contributed by atoms with E-state index in [0.717, 1.165) is 6.20 Å². The maximum absolute atomic E-state index is 12.8. The lowest BCUT2D eigenvalue weighted by Crippen LogP contribution is -1.95. The van der Waals surface area contributed by atoms with Crippen LogP contribution in [0.15, 0.2) is 35.6 Å². The minimum atomic E-state index is -0.418. The fourth-order valence-corrected chi connectivity index (χ4v) is 1.43. The van der Waals surface area contributed by atoms with Crippen molar-refractivity contribution < 1.29 is 14.3 Å². The molecule has 0 saturated carbocycles. The van der Waals surface area contributed by atoms with E-state index in [0.29, 0.717) is 22.8 Å². The number of pyridine rings is 2. The molecule has 0 spiro atoms. The molecule has 0 unspecified atom stereocenters. The summed E-state index contributed by atoms with van der Waals surface area (Å²) in [4.78, 5) is 8.12. The Balaban J connectivity index is 2.49. The summed E-state index contributed by atoms with van der Waals surface area (Å²) in [6, 6.07) is 6.07. The van der Waals surface area contributed by atoms with Gasteiger partial charge in [0.15, 0.2) is 0 Å². The van der Waals surface area contributed by atoms with Crippen molar-refractivity contribution in [1.82, 2.24) is 9.97 Å². The highest BCUT2D eigenvalue weighted by atomic mass is 19.1. The van der Waals surface area contributed by atoms with Crippen LogP contribution in [0.5, 0.6) is 5.75 Å². The third-order valence-corrected chi connectivity index (χ3v) is 2.23. The van der Waals surface area contributed by atoms with Crippen LogP contribution in [-0.2, 0) is 0 Å². The predicted octanol–water partition coefficient (Wildman–Crippen LogP) is 2.10. The van der Waals surface area contributed by atoms with E-state index in [-0.39, 0.29) is 0 Å². The standard InChI is InChI=1S/C12H10FN3O2/c1-18-10-4-9(7-15-17)16-12(5-10)11-3-2-8(13)6-14-11/h2-7,17H,1H3/b15-7+. The van der Waals surface area contributed by atoms with Crippen molar-refractivity contribution in [3.8, 4) is 17.1 Å². The Kier molecular flexibility index (Phi) is 3.47. The zero-order valence-corrected chi connectivity index (χ0v) is 9.54. The zero-order valence-electron chi connectivity index (χ0n) is 9.54. The smallest absolute Gasteiger partial charge is 0.141 e. The average Bonchev–Trinajstić information content (AvgIpc) is 2.39. The summed E-state index contributed by atoms with van der Waals surface area (Å²) in [6.45, 7) is 0. The molecule has 92 valence electrons. The molecule has 2 aromatic rings. The topological polar surface area (TPSA) is 67.6 Å². The Morgan fingerprint density at radius 1 is 1.33 bits per heavy atom. The van der Waals surface area contributed by atoms with Crippen LogP contribution in [0.25, 0.3) is 11.4 Å². The van der Waals surface area contributed by atoms with Gasteiger partial charge in [-0.1, -0.05) is 5.16 Å². The van der Waals surface area contributed by atoms with Crippen molar-refractivity contribution in [2.45, 2.75) is 0 Å². The molecule has 0 fully saturated rings. The van der Waals surface area contributed by atoms with Gasteiger partial charge >= 0.3 is 0 Å². The molecule has 2 aromatic heterocycles. The first kappa shape index (κ1) is 12.0. The van der Waals surface area contributed by atoms with Crippen molar-refractivity contribution in [1.29, 1.82) is 0 Å². The summed E-state index contributed by atoms with van der Waals surface area (Å²) in [5.41, 5.74) is 1.42. The molecule has 0 amide bonds. The summed E-state index contributed by atoms with van der Waals surface area (Å²) < 4.78 is 17.9. The molecule has 18 heavy (non-hydrogen) atoms. The molecular formula is C12H10FN3O2. The van der Waals surface area contributed by atoms with E-state index in [1.165, 1.54) is 25.5 Å². The molecule has 0 saturated heterocycles. The quantitative estimate of drug-likeness (QED) is 0.512. The van der Waals surface area contributed by atoms with E-state index >= 15 is 0 Å². The van der Waals surface area contributed by atoms with E-state index in [1.54, 1.807) is 12.1 Å². The molecule has 1 N–H and O–H groups in total. The Bertz CT molecular complexity index is 570. The number of halogens is 1. The number of rotatable bonds is 3. The van der Waals surface area contributed by atoms with Crippen LogP contribution in [0.4, 0.5) is 4.39 Å². The van der Waals surface area contributed by atoms with E-state index in [4.69, 9.17) is 9.94 Å². The van der Waals surface area contributed by atoms with Crippen LogP contribution in [-0.4, -0.2) is 28.5 Å². The first-order valence-electron chi connectivity index (χ1n) is 5.08. The lowest BCUT2D eigenvalue weighted by Gasteiger charge is -2.05. The minimum Gasteiger partial charge on any atom is -0.497 e. The normalized spacial score (nSPS) is 10.8. The van der Waals surface area contributed by atoms with Gasteiger partial charge < -0.3 is 9.94 Å². The number of ether oxygens (including phenoxy) is 1. The SMILES string of the molecule is COc1cc(/C=N/O)nc(-c2ccc(F)cn2)c1. The first-order valence-corrected chi connectivity index (χ1v) is 5.08. The number of oxime groups is 1. The molecule has 0 aliphatic rings. The molecule has 0 atom stereocenters. The van der Waals surface area contributed by atoms with Crippen LogP contribution >= 0.6 is 0 Å². The van der Waals surface area contributed by atoms with Crippen molar-refractivity contribution >= 4 is 6.21 Å². The molecule has 0 radical (unpaired) electrons. The summed E-state index contributed by atoms with van der Waals surface area (Å²) in [6.07, 6.45) is 2.28. The molecule has 2 heterocycles. The third-order valence-electron chi connectivity index (χ3n) is 2.23. The second-order valence-corrected chi connectivity index (χ2v) is 3.42. The summed E-state index contributed by atoms with van der Waals surface area (Å²) in [5, 5.41) is 11.4. The van der Waals surface area contributed by atoms with Gasteiger partial charge in [-0.15, -0.1) is 0 Å². The Morgan fingerprint density at radius 3 is 2.78 bits per heavy atom. The third kappa shape index (κ3) is 2.60. The number of hydrogen-bond donors (Lipinski definition) is 1. The summed E-state index contributed by atoms with van der Waals surface area (Å²) >= 11 is 0. The second kappa shape index (κ2) is 5.22. The Morgan fingerprint density at radius 2 is 2.17 bits per heavy atom. The molecular weight excluding hydrogens is 237 g/mol. The van der Waals surface area contributed by atoms with Gasteiger partial charge in [0.1, 0.15) is 11.6 Å². The van der Waals surface area contributed by atoms with Gasteiger partial charge in [-0.25, -0.2) is 9.37 Å². The zero-order chi connectivity index (χ0) is 13.0. The maximum Gasteiger partial charge on any atom is 0.141 e. The number of nitrogens with zero attached hydrogens (tertiary/aromatic N) is 3. The van der Waals surface area contributed by atoms with Gasteiger partial charge in [0, 0.05) is 12.1 Å². The average molecular weight is 247 g/mol. The van der Waals surface area contributed by atoms with Gasteiger partial charge in [-0.05, 0) is 12.1 Å². The lowest BCUT2D eigenvalue weighted by atomic mass is 10.2. The fraction of sp³-hybridized carbons (Fsp3) is 0.0833. The number of methoxy groups -OCH3 is 1. The van der Waals surface area contributed by atoms with Gasteiger partial charge in [-0.3, -0.25) is 4.98 Å². The molecule has 0 aromatic carbocycles. The Labute approximate surface area is 103 Å². The minimum absolute atomic E-state index is 0.415. The number of hydrogen-bond acceptors (Lipinski definition) is 5. The molecule has 0 aliphatic heterocycles. The van der Waals surface area contributed by atoms with Crippen molar-refractivity contribution in [2.75, 3.05) is 7.11 Å². The maximum atomic E-state index is 12.8. The summed E-state index contributed by atoms with van der Waals surface area (Å²) in [5.74, 6) is 0.125.